The average Bonchev–Trinajstić information content (AvgIpc) is 2.92. The number of carbonyl (C=O) groups is 1. The summed E-state index contributed by atoms with van der Waals surface area (Å²) in [5.41, 5.74) is 2.98. The van der Waals surface area contributed by atoms with E-state index >= 15 is 0 Å². The van der Waals surface area contributed by atoms with E-state index in [-0.39, 0.29) is 23.3 Å². The smallest absolute Gasteiger partial charge is 0.243 e. The summed E-state index contributed by atoms with van der Waals surface area (Å²) >= 11 is 0. The zero-order chi connectivity index (χ0) is 26.4. The molecule has 2 aliphatic heterocycles. The van der Waals surface area contributed by atoms with Crippen molar-refractivity contribution < 1.29 is 22.7 Å². The standard InChI is InChI=1S/C28H39N3O5S/c1-21-5-4-14-30(20-21)25-9-6-23(7-10-25)22(2)29-28(32)13-8-24-19-26(11-12-27(24)35-3)37(33,34)31-15-17-36-18-16-31/h6-7,9-12,19,21-22H,4-5,8,13-18,20H2,1-3H3,(H,29,32)/t21-,22+/m0/s1. The summed E-state index contributed by atoms with van der Waals surface area (Å²) in [5, 5.41) is 3.07. The first kappa shape index (κ1) is 27.4. The number of hydrogen-bond donors (Lipinski definition) is 1. The first-order chi connectivity index (χ1) is 17.8. The average molecular weight is 530 g/mol. The molecule has 0 aliphatic carbocycles. The molecule has 202 valence electrons. The number of anilines is 1. The lowest BCUT2D eigenvalue weighted by Crippen LogP contribution is -2.40. The third kappa shape index (κ3) is 6.83. The zero-order valence-electron chi connectivity index (χ0n) is 22.1. The van der Waals surface area contributed by atoms with Crippen LogP contribution in [0.25, 0.3) is 0 Å². The van der Waals surface area contributed by atoms with Crippen LogP contribution in [0.15, 0.2) is 47.4 Å². The van der Waals surface area contributed by atoms with Gasteiger partial charge in [0.1, 0.15) is 5.75 Å². The van der Waals surface area contributed by atoms with Crippen LogP contribution in [0.1, 0.15) is 50.3 Å². The highest BCUT2D eigenvalue weighted by atomic mass is 32.2. The Morgan fingerprint density at radius 3 is 2.54 bits per heavy atom. The molecule has 2 fully saturated rings. The van der Waals surface area contributed by atoms with E-state index in [0.717, 1.165) is 18.7 Å². The van der Waals surface area contributed by atoms with Gasteiger partial charge in [-0.1, -0.05) is 19.1 Å². The van der Waals surface area contributed by atoms with Crippen LogP contribution in [0.2, 0.25) is 0 Å². The number of amides is 1. The number of piperidine rings is 1. The SMILES string of the molecule is COc1ccc(S(=O)(=O)N2CCOCC2)cc1CCC(=O)N[C@H](C)c1ccc(N2CCC[C@H](C)C2)cc1. The van der Waals surface area contributed by atoms with Crippen molar-refractivity contribution in [2.24, 2.45) is 5.92 Å². The third-order valence-corrected chi connectivity index (χ3v) is 9.17. The Morgan fingerprint density at radius 2 is 1.86 bits per heavy atom. The second-order valence-electron chi connectivity index (χ2n) is 10.1. The number of carbonyl (C=O) groups excluding carboxylic acids is 1. The number of morpholine rings is 1. The molecule has 0 bridgehead atoms. The zero-order valence-corrected chi connectivity index (χ0v) is 22.9. The molecule has 1 amide bonds. The highest BCUT2D eigenvalue weighted by molar-refractivity contribution is 7.89. The molecule has 2 atom stereocenters. The molecule has 2 heterocycles. The Kier molecular flexibility index (Phi) is 9.10. The minimum Gasteiger partial charge on any atom is -0.496 e. The molecule has 0 aromatic heterocycles. The van der Waals surface area contributed by atoms with Crippen molar-refractivity contribution in [3.05, 3.63) is 53.6 Å². The number of hydrogen-bond acceptors (Lipinski definition) is 6. The van der Waals surface area contributed by atoms with Crippen molar-refractivity contribution in [2.45, 2.75) is 50.5 Å². The van der Waals surface area contributed by atoms with Crippen molar-refractivity contribution >= 4 is 21.6 Å². The summed E-state index contributed by atoms with van der Waals surface area (Å²) < 4.78 is 38.3. The summed E-state index contributed by atoms with van der Waals surface area (Å²) in [7, 11) is -2.08. The number of methoxy groups -OCH3 is 1. The molecule has 0 unspecified atom stereocenters. The van der Waals surface area contributed by atoms with Gasteiger partial charge in [0.2, 0.25) is 15.9 Å². The largest absolute Gasteiger partial charge is 0.496 e. The van der Waals surface area contributed by atoms with E-state index in [4.69, 9.17) is 9.47 Å². The van der Waals surface area contributed by atoms with Crippen molar-refractivity contribution in [1.29, 1.82) is 0 Å². The van der Waals surface area contributed by atoms with Crippen molar-refractivity contribution in [1.82, 2.24) is 9.62 Å². The van der Waals surface area contributed by atoms with E-state index in [1.165, 1.54) is 22.8 Å². The van der Waals surface area contributed by atoms with Crippen molar-refractivity contribution in [2.75, 3.05) is 51.4 Å². The molecule has 37 heavy (non-hydrogen) atoms. The van der Waals surface area contributed by atoms with Crippen LogP contribution >= 0.6 is 0 Å². The number of ether oxygens (including phenoxy) is 2. The second-order valence-corrected chi connectivity index (χ2v) is 12.0. The lowest BCUT2D eigenvalue weighted by molar-refractivity contribution is -0.121. The van der Waals surface area contributed by atoms with Gasteiger partial charge in [0.25, 0.3) is 0 Å². The Morgan fingerprint density at radius 1 is 1.14 bits per heavy atom. The van der Waals surface area contributed by atoms with E-state index in [1.807, 2.05) is 6.92 Å². The summed E-state index contributed by atoms with van der Waals surface area (Å²) in [6.07, 6.45) is 3.12. The number of nitrogens with one attached hydrogen (secondary N) is 1. The summed E-state index contributed by atoms with van der Waals surface area (Å²) in [6.45, 7) is 7.91. The summed E-state index contributed by atoms with van der Waals surface area (Å²) in [6, 6.07) is 13.2. The van der Waals surface area contributed by atoms with Gasteiger partial charge in [-0.15, -0.1) is 0 Å². The number of aryl methyl sites for hydroxylation is 1. The molecule has 0 radical (unpaired) electrons. The quantitative estimate of drug-likeness (QED) is 0.532. The van der Waals surface area contributed by atoms with Gasteiger partial charge in [0.05, 0.1) is 31.3 Å². The Balaban J connectivity index is 1.36. The highest BCUT2D eigenvalue weighted by Gasteiger charge is 2.27. The molecule has 4 rings (SSSR count). The van der Waals surface area contributed by atoms with Gasteiger partial charge in [-0.25, -0.2) is 8.42 Å². The first-order valence-corrected chi connectivity index (χ1v) is 14.6. The van der Waals surface area contributed by atoms with Gasteiger partial charge in [-0.05, 0) is 73.6 Å². The van der Waals surface area contributed by atoms with Gasteiger partial charge in [-0.3, -0.25) is 4.79 Å². The molecule has 2 aliphatic rings. The van der Waals surface area contributed by atoms with Gasteiger partial charge < -0.3 is 19.7 Å². The van der Waals surface area contributed by atoms with Crippen LogP contribution in [0.3, 0.4) is 0 Å². The maximum absolute atomic E-state index is 13.1. The second kappa shape index (κ2) is 12.3. The van der Waals surface area contributed by atoms with Crippen LogP contribution < -0.4 is 15.0 Å². The predicted octanol–water partition coefficient (Wildman–Crippen LogP) is 3.76. The molecule has 2 saturated heterocycles. The molecule has 0 spiro atoms. The van der Waals surface area contributed by atoms with E-state index in [2.05, 4.69) is 41.4 Å². The minimum atomic E-state index is -3.62. The molecular formula is C28H39N3O5S. The minimum absolute atomic E-state index is 0.0927. The van der Waals surface area contributed by atoms with Crippen LogP contribution in [-0.2, 0) is 26.0 Å². The monoisotopic (exact) mass is 529 g/mol. The maximum atomic E-state index is 13.1. The van der Waals surface area contributed by atoms with Gasteiger partial charge in [0, 0.05) is 38.3 Å². The molecule has 9 heteroatoms. The van der Waals surface area contributed by atoms with Gasteiger partial charge in [-0.2, -0.15) is 4.31 Å². The Labute approximate surface area is 221 Å². The van der Waals surface area contributed by atoms with E-state index in [1.54, 1.807) is 25.3 Å². The third-order valence-electron chi connectivity index (χ3n) is 7.27. The molecule has 1 N–H and O–H groups in total. The number of benzene rings is 2. The number of rotatable bonds is 9. The first-order valence-electron chi connectivity index (χ1n) is 13.2. The number of sulfonamides is 1. The molecule has 0 saturated carbocycles. The Bertz CT molecular complexity index is 1160. The topological polar surface area (TPSA) is 88.2 Å². The number of nitrogens with zero attached hydrogens (tertiary/aromatic N) is 2. The van der Waals surface area contributed by atoms with E-state index < -0.39 is 10.0 Å². The fourth-order valence-electron chi connectivity index (χ4n) is 5.09. The lowest BCUT2D eigenvalue weighted by Gasteiger charge is -2.33. The normalized spacial score (nSPS) is 19.9. The Hall–Kier alpha value is -2.62. The van der Waals surface area contributed by atoms with Crippen LogP contribution in [-0.4, -0.2) is 65.1 Å². The van der Waals surface area contributed by atoms with E-state index in [0.29, 0.717) is 50.0 Å². The summed E-state index contributed by atoms with van der Waals surface area (Å²) in [4.78, 5) is 15.4. The fraction of sp³-hybridized carbons (Fsp3) is 0.536. The molecule has 2 aromatic rings. The maximum Gasteiger partial charge on any atom is 0.243 e. The summed E-state index contributed by atoms with van der Waals surface area (Å²) in [5.74, 6) is 1.19. The van der Waals surface area contributed by atoms with Crippen LogP contribution in [0.4, 0.5) is 5.69 Å². The van der Waals surface area contributed by atoms with Crippen molar-refractivity contribution in [3.8, 4) is 5.75 Å². The van der Waals surface area contributed by atoms with Crippen LogP contribution in [0, 0.1) is 5.92 Å². The van der Waals surface area contributed by atoms with Gasteiger partial charge >= 0.3 is 0 Å². The predicted molar refractivity (Wildman–Crippen MR) is 145 cm³/mol. The molecule has 2 aromatic carbocycles. The lowest BCUT2D eigenvalue weighted by atomic mass is 9.99. The van der Waals surface area contributed by atoms with Crippen LogP contribution in [0.5, 0.6) is 5.75 Å². The van der Waals surface area contributed by atoms with Gasteiger partial charge in [0.15, 0.2) is 0 Å². The molecule has 8 nitrogen and oxygen atoms in total. The molecular weight excluding hydrogens is 490 g/mol. The highest BCUT2D eigenvalue weighted by Crippen LogP contribution is 2.27. The fourth-order valence-corrected chi connectivity index (χ4v) is 6.55. The van der Waals surface area contributed by atoms with Crippen molar-refractivity contribution in [3.63, 3.8) is 0 Å². The van der Waals surface area contributed by atoms with E-state index in [9.17, 15) is 13.2 Å².